The van der Waals surface area contributed by atoms with Gasteiger partial charge in [-0.15, -0.1) is 0 Å². The van der Waals surface area contributed by atoms with E-state index in [1.807, 2.05) is 6.92 Å². The average Bonchev–Trinajstić information content (AvgIpc) is 2.91. The van der Waals surface area contributed by atoms with E-state index >= 15 is 0 Å². The third-order valence-corrected chi connectivity index (χ3v) is 6.83. The Kier molecular flexibility index (Phi) is 5.76. The summed E-state index contributed by atoms with van der Waals surface area (Å²) in [6.45, 7) is 5.22. The van der Waals surface area contributed by atoms with Gasteiger partial charge in [0.15, 0.2) is 0 Å². The average molecular weight is 365 g/mol. The lowest BCUT2D eigenvalue weighted by Crippen LogP contribution is -2.51. The predicted molar refractivity (Wildman–Crippen MR) is 97.0 cm³/mol. The fourth-order valence-electron chi connectivity index (χ4n) is 3.52. The van der Waals surface area contributed by atoms with Crippen molar-refractivity contribution in [3.8, 4) is 0 Å². The summed E-state index contributed by atoms with van der Waals surface area (Å²) >= 11 is 0. The predicted octanol–water partition coefficient (Wildman–Crippen LogP) is 1.69. The molecule has 3 rings (SSSR count). The summed E-state index contributed by atoms with van der Waals surface area (Å²) < 4.78 is 27.4. The maximum absolute atomic E-state index is 12.9. The molecule has 25 heavy (non-hydrogen) atoms. The van der Waals surface area contributed by atoms with Crippen LogP contribution < -0.4 is 5.32 Å². The van der Waals surface area contributed by atoms with Crippen LogP contribution in [0.2, 0.25) is 0 Å². The Bertz CT molecular complexity index is 712. The molecule has 2 aliphatic rings. The van der Waals surface area contributed by atoms with E-state index in [9.17, 15) is 13.2 Å². The lowest BCUT2D eigenvalue weighted by atomic mass is 10.1. The Morgan fingerprint density at radius 3 is 2.52 bits per heavy atom. The number of nitrogens with one attached hydrogen (secondary N) is 1. The molecular formula is C18H27N3O3S. The van der Waals surface area contributed by atoms with E-state index in [0.29, 0.717) is 31.7 Å². The minimum atomic E-state index is -3.53. The molecule has 2 aliphatic heterocycles. The zero-order chi connectivity index (χ0) is 17.9. The molecule has 2 heterocycles. The van der Waals surface area contributed by atoms with Gasteiger partial charge in [0, 0.05) is 44.3 Å². The zero-order valence-electron chi connectivity index (χ0n) is 14.8. The molecule has 0 saturated carbocycles. The maximum atomic E-state index is 12.9. The van der Waals surface area contributed by atoms with Crippen molar-refractivity contribution in [2.24, 2.45) is 0 Å². The Balaban J connectivity index is 1.81. The molecule has 2 fully saturated rings. The first-order valence-corrected chi connectivity index (χ1v) is 10.6. The van der Waals surface area contributed by atoms with Gasteiger partial charge < -0.3 is 10.2 Å². The van der Waals surface area contributed by atoms with Gasteiger partial charge >= 0.3 is 0 Å². The minimum Gasteiger partial charge on any atom is -0.336 e. The van der Waals surface area contributed by atoms with Crippen LogP contribution in [0.15, 0.2) is 29.2 Å². The van der Waals surface area contributed by atoms with E-state index in [1.54, 1.807) is 27.4 Å². The molecular weight excluding hydrogens is 338 g/mol. The summed E-state index contributed by atoms with van der Waals surface area (Å²) in [5, 5.41) is 3.31. The van der Waals surface area contributed by atoms with Crippen molar-refractivity contribution in [2.45, 2.75) is 43.5 Å². The number of sulfonamides is 1. The van der Waals surface area contributed by atoms with Gasteiger partial charge in [0.2, 0.25) is 10.0 Å². The van der Waals surface area contributed by atoms with Crippen molar-refractivity contribution < 1.29 is 13.2 Å². The maximum Gasteiger partial charge on any atom is 0.253 e. The highest BCUT2D eigenvalue weighted by molar-refractivity contribution is 7.89. The van der Waals surface area contributed by atoms with Crippen molar-refractivity contribution in [3.05, 3.63) is 29.8 Å². The number of amides is 1. The van der Waals surface area contributed by atoms with Crippen LogP contribution in [0.3, 0.4) is 0 Å². The third-order valence-electron chi connectivity index (χ3n) is 4.94. The van der Waals surface area contributed by atoms with Gasteiger partial charge in [-0.2, -0.15) is 4.31 Å². The first-order chi connectivity index (χ1) is 12.0. The molecule has 1 unspecified atom stereocenters. The molecule has 1 aromatic carbocycles. The van der Waals surface area contributed by atoms with Gasteiger partial charge in [-0.05, 0) is 38.0 Å². The van der Waals surface area contributed by atoms with Gasteiger partial charge in [0.1, 0.15) is 0 Å². The SMILES string of the molecule is CC1CN(C(=O)c2cccc(S(=O)(=O)N3CCCCCC3)c2)CCN1. The lowest BCUT2D eigenvalue weighted by molar-refractivity contribution is 0.0709. The van der Waals surface area contributed by atoms with Crippen LogP contribution in [0.1, 0.15) is 43.0 Å². The molecule has 0 spiro atoms. The second kappa shape index (κ2) is 7.85. The normalized spacial score (nSPS) is 23.2. The van der Waals surface area contributed by atoms with E-state index in [2.05, 4.69) is 5.32 Å². The van der Waals surface area contributed by atoms with Crippen LogP contribution >= 0.6 is 0 Å². The summed E-state index contributed by atoms with van der Waals surface area (Å²) in [7, 11) is -3.53. The highest BCUT2D eigenvalue weighted by atomic mass is 32.2. The summed E-state index contributed by atoms with van der Waals surface area (Å²) in [6.07, 6.45) is 3.95. The van der Waals surface area contributed by atoms with Crippen LogP contribution in [0, 0.1) is 0 Å². The van der Waals surface area contributed by atoms with Crippen LogP contribution in [-0.2, 0) is 10.0 Å². The van der Waals surface area contributed by atoms with Gasteiger partial charge in [-0.25, -0.2) is 8.42 Å². The number of hydrogen-bond acceptors (Lipinski definition) is 4. The number of carbonyl (C=O) groups is 1. The number of benzene rings is 1. The smallest absolute Gasteiger partial charge is 0.253 e. The summed E-state index contributed by atoms with van der Waals surface area (Å²) in [5.41, 5.74) is 0.449. The monoisotopic (exact) mass is 365 g/mol. The zero-order valence-corrected chi connectivity index (χ0v) is 15.6. The van der Waals surface area contributed by atoms with Crippen molar-refractivity contribution in [3.63, 3.8) is 0 Å². The number of rotatable bonds is 3. The van der Waals surface area contributed by atoms with Gasteiger partial charge in [0.25, 0.3) is 5.91 Å². The van der Waals surface area contributed by atoms with Crippen molar-refractivity contribution in [2.75, 3.05) is 32.7 Å². The second-order valence-corrected chi connectivity index (χ2v) is 8.89. The molecule has 1 atom stereocenters. The first kappa shape index (κ1) is 18.4. The Morgan fingerprint density at radius 1 is 1.12 bits per heavy atom. The van der Waals surface area contributed by atoms with Crippen LogP contribution in [0.25, 0.3) is 0 Å². The van der Waals surface area contributed by atoms with E-state index in [1.165, 1.54) is 6.07 Å². The van der Waals surface area contributed by atoms with E-state index in [-0.39, 0.29) is 16.8 Å². The Hall–Kier alpha value is -1.44. The third kappa shape index (κ3) is 4.22. The van der Waals surface area contributed by atoms with Crippen LogP contribution in [-0.4, -0.2) is 62.3 Å². The standard InChI is InChI=1S/C18H27N3O3S/c1-15-14-20(12-9-19-15)18(22)16-7-6-8-17(13-16)25(23,24)21-10-4-2-3-5-11-21/h6-8,13,15,19H,2-5,9-12,14H2,1H3. The molecule has 2 saturated heterocycles. The molecule has 1 amide bonds. The molecule has 6 nitrogen and oxygen atoms in total. The molecule has 0 aromatic heterocycles. The minimum absolute atomic E-state index is 0.0960. The van der Waals surface area contributed by atoms with E-state index in [4.69, 9.17) is 0 Å². The van der Waals surface area contributed by atoms with Crippen LogP contribution in [0.4, 0.5) is 0 Å². The summed E-state index contributed by atoms with van der Waals surface area (Å²) in [4.78, 5) is 14.8. The second-order valence-electron chi connectivity index (χ2n) is 6.95. The van der Waals surface area contributed by atoms with E-state index in [0.717, 1.165) is 32.2 Å². The Morgan fingerprint density at radius 2 is 1.84 bits per heavy atom. The van der Waals surface area contributed by atoms with Gasteiger partial charge in [0.05, 0.1) is 4.90 Å². The fourth-order valence-corrected chi connectivity index (χ4v) is 5.08. The van der Waals surface area contributed by atoms with Crippen molar-refractivity contribution in [1.29, 1.82) is 0 Å². The largest absolute Gasteiger partial charge is 0.336 e. The summed E-state index contributed by atoms with van der Waals surface area (Å²) in [5.74, 6) is -0.0960. The van der Waals surface area contributed by atoms with Crippen molar-refractivity contribution >= 4 is 15.9 Å². The highest BCUT2D eigenvalue weighted by Gasteiger charge is 2.27. The van der Waals surface area contributed by atoms with Crippen LogP contribution in [0.5, 0.6) is 0 Å². The number of piperazine rings is 1. The Labute approximate surface area is 150 Å². The lowest BCUT2D eigenvalue weighted by Gasteiger charge is -2.32. The van der Waals surface area contributed by atoms with Gasteiger partial charge in [-0.3, -0.25) is 4.79 Å². The van der Waals surface area contributed by atoms with Crippen molar-refractivity contribution in [1.82, 2.24) is 14.5 Å². The van der Waals surface area contributed by atoms with E-state index < -0.39 is 10.0 Å². The first-order valence-electron chi connectivity index (χ1n) is 9.11. The number of nitrogens with zero attached hydrogens (tertiary/aromatic N) is 2. The topological polar surface area (TPSA) is 69.7 Å². The highest BCUT2D eigenvalue weighted by Crippen LogP contribution is 2.22. The quantitative estimate of drug-likeness (QED) is 0.885. The fraction of sp³-hybridized carbons (Fsp3) is 0.611. The molecule has 0 radical (unpaired) electrons. The molecule has 138 valence electrons. The number of hydrogen-bond donors (Lipinski definition) is 1. The molecule has 0 bridgehead atoms. The number of carbonyl (C=O) groups excluding carboxylic acids is 1. The van der Waals surface area contributed by atoms with Gasteiger partial charge in [-0.1, -0.05) is 18.9 Å². The molecule has 1 aromatic rings. The molecule has 1 N–H and O–H groups in total. The summed E-state index contributed by atoms with van der Waals surface area (Å²) in [6, 6.07) is 6.76. The molecule has 7 heteroatoms. The molecule has 0 aliphatic carbocycles.